The fourth-order valence-electron chi connectivity index (χ4n) is 5.54. The number of carbonyl (C=O) groups is 1. The molecule has 3 atom stereocenters. The Labute approximate surface area is 180 Å². The summed E-state index contributed by atoms with van der Waals surface area (Å²) >= 11 is 0. The van der Waals surface area contributed by atoms with Crippen LogP contribution in [0, 0.1) is 5.82 Å². The van der Waals surface area contributed by atoms with Crippen molar-refractivity contribution in [2.45, 2.75) is 76.8 Å². The Balaban J connectivity index is 1.28. The largest absolute Gasteiger partial charge is 0.373 e. The second-order valence-corrected chi connectivity index (χ2v) is 9.40. The molecule has 4 rings (SSSR count). The molecular formula is C24H36FN3O2. The van der Waals surface area contributed by atoms with Crippen molar-refractivity contribution in [3.63, 3.8) is 0 Å². The number of hydrogen-bond donors (Lipinski definition) is 0. The molecule has 3 fully saturated rings. The average molecular weight is 418 g/mol. The number of benzene rings is 1. The molecule has 0 aromatic heterocycles. The van der Waals surface area contributed by atoms with Crippen LogP contribution in [0.15, 0.2) is 24.3 Å². The Morgan fingerprint density at radius 3 is 2.33 bits per heavy atom. The van der Waals surface area contributed by atoms with Crippen molar-refractivity contribution >= 4 is 5.91 Å². The van der Waals surface area contributed by atoms with Gasteiger partial charge in [-0.05, 0) is 70.3 Å². The average Bonchev–Trinajstić information content (AvgIpc) is 2.89. The maximum absolute atomic E-state index is 13.5. The number of halogens is 1. The molecule has 30 heavy (non-hydrogen) atoms. The van der Waals surface area contributed by atoms with Crippen LogP contribution in [0.5, 0.6) is 0 Å². The third kappa shape index (κ3) is 5.40. The van der Waals surface area contributed by atoms with Crippen molar-refractivity contribution in [1.82, 2.24) is 14.7 Å². The van der Waals surface area contributed by atoms with E-state index in [2.05, 4.69) is 23.6 Å². The van der Waals surface area contributed by atoms with E-state index in [1.54, 1.807) is 6.07 Å². The first-order chi connectivity index (χ1) is 14.5. The van der Waals surface area contributed by atoms with Crippen molar-refractivity contribution in [3.05, 3.63) is 35.6 Å². The zero-order valence-electron chi connectivity index (χ0n) is 18.4. The second-order valence-electron chi connectivity index (χ2n) is 9.40. The van der Waals surface area contributed by atoms with Crippen LogP contribution < -0.4 is 0 Å². The molecule has 6 heteroatoms. The Hall–Kier alpha value is -1.50. The fraction of sp³-hybridized carbons (Fsp3) is 0.708. The molecule has 0 aliphatic carbocycles. The molecule has 1 aromatic rings. The van der Waals surface area contributed by atoms with E-state index in [0.29, 0.717) is 37.3 Å². The minimum Gasteiger partial charge on any atom is -0.373 e. The minimum atomic E-state index is -0.237. The molecule has 3 saturated heterocycles. The van der Waals surface area contributed by atoms with Crippen LogP contribution in [0.1, 0.15) is 51.5 Å². The number of likely N-dealkylation sites (tertiary alicyclic amines) is 2. The third-order valence-corrected chi connectivity index (χ3v) is 7.02. The van der Waals surface area contributed by atoms with Gasteiger partial charge in [-0.25, -0.2) is 4.39 Å². The van der Waals surface area contributed by atoms with Gasteiger partial charge in [0.1, 0.15) is 5.82 Å². The summed E-state index contributed by atoms with van der Waals surface area (Å²) in [5.41, 5.74) is 0.872. The van der Waals surface area contributed by atoms with Crippen molar-refractivity contribution in [2.75, 3.05) is 32.7 Å². The standard InChI is InChI=1S/C24H36FN3O2/c1-18-15-28(16-19(2)30-18)23-8-11-26(12-9-23)22-6-7-24(29)27(13-10-22)17-20-4-3-5-21(25)14-20/h3-5,14,18-19,22-23H,6-13,15-17H2,1-2H3/t18-,19+,22?. The van der Waals surface area contributed by atoms with E-state index in [4.69, 9.17) is 4.74 Å². The van der Waals surface area contributed by atoms with Gasteiger partial charge in [0.25, 0.3) is 0 Å². The van der Waals surface area contributed by atoms with Gasteiger partial charge in [-0.15, -0.1) is 0 Å². The molecule has 5 nitrogen and oxygen atoms in total. The maximum atomic E-state index is 13.5. The van der Waals surface area contributed by atoms with E-state index in [0.717, 1.165) is 51.1 Å². The van der Waals surface area contributed by atoms with Gasteiger partial charge in [0, 0.05) is 44.7 Å². The van der Waals surface area contributed by atoms with Crippen molar-refractivity contribution in [3.8, 4) is 0 Å². The van der Waals surface area contributed by atoms with Crippen LogP contribution in [-0.2, 0) is 16.1 Å². The molecule has 1 amide bonds. The zero-order valence-corrected chi connectivity index (χ0v) is 18.4. The lowest BCUT2D eigenvalue weighted by Gasteiger charge is -2.45. The minimum absolute atomic E-state index is 0.202. The lowest BCUT2D eigenvalue weighted by atomic mass is 9.97. The van der Waals surface area contributed by atoms with Crippen molar-refractivity contribution in [2.24, 2.45) is 0 Å². The molecule has 0 spiro atoms. The van der Waals surface area contributed by atoms with E-state index < -0.39 is 0 Å². The highest BCUT2D eigenvalue weighted by molar-refractivity contribution is 5.76. The van der Waals surface area contributed by atoms with Gasteiger partial charge in [0.15, 0.2) is 0 Å². The van der Waals surface area contributed by atoms with Crippen LogP contribution in [0.25, 0.3) is 0 Å². The molecule has 3 aliphatic rings. The molecule has 166 valence electrons. The Bertz CT molecular complexity index is 712. The first-order valence-corrected chi connectivity index (χ1v) is 11.6. The number of rotatable bonds is 4. The molecular weight excluding hydrogens is 381 g/mol. The lowest BCUT2D eigenvalue weighted by molar-refractivity contribution is -0.131. The van der Waals surface area contributed by atoms with Gasteiger partial charge in [0.2, 0.25) is 5.91 Å². The van der Waals surface area contributed by atoms with Gasteiger partial charge in [-0.2, -0.15) is 0 Å². The van der Waals surface area contributed by atoms with E-state index in [9.17, 15) is 9.18 Å². The molecule has 0 bridgehead atoms. The van der Waals surface area contributed by atoms with Crippen LogP contribution >= 0.6 is 0 Å². The highest BCUT2D eigenvalue weighted by Gasteiger charge is 2.33. The summed E-state index contributed by atoms with van der Waals surface area (Å²) in [6.07, 6.45) is 5.60. The van der Waals surface area contributed by atoms with Gasteiger partial charge in [0.05, 0.1) is 12.2 Å². The van der Waals surface area contributed by atoms with Gasteiger partial charge >= 0.3 is 0 Å². The summed E-state index contributed by atoms with van der Waals surface area (Å²) in [7, 11) is 0. The molecule has 3 heterocycles. The first kappa shape index (κ1) is 21.7. The molecule has 0 N–H and O–H groups in total. The van der Waals surface area contributed by atoms with E-state index in [1.165, 1.54) is 25.0 Å². The smallest absolute Gasteiger partial charge is 0.222 e. The maximum Gasteiger partial charge on any atom is 0.222 e. The number of carbonyl (C=O) groups excluding carboxylic acids is 1. The number of morpholine rings is 1. The molecule has 0 radical (unpaired) electrons. The molecule has 1 aromatic carbocycles. The summed E-state index contributed by atoms with van der Waals surface area (Å²) < 4.78 is 19.4. The second kappa shape index (κ2) is 9.75. The lowest BCUT2D eigenvalue weighted by Crippen LogP contribution is -2.54. The number of hydrogen-bond acceptors (Lipinski definition) is 4. The molecule has 0 saturated carbocycles. The topological polar surface area (TPSA) is 36.0 Å². The molecule has 3 aliphatic heterocycles. The van der Waals surface area contributed by atoms with Crippen LogP contribution in [-0.4, -0.2) is 77.6 Å². The highest BCUT2D eigenvalue weighted by atomic mass is 19.1. The normalized spacial score (nSPS) is 30.4. The summed E-state index contributed by atoms with van der Waals surface area (Å²) in [6, 6.07) is 7.74. The van der Waals surface area contributed by atoms with E-state index in [-0.39, 0.29) is 11.7 Å². The Morgan fingerprint density at radius 2 is 1.63 bits per heavy atom. The first-order valence-electron chi connectivity index (χ1n) is 11.6. The summed E-state index contributed by atoms with van der Waals surface area (Å²) in [6.45, 7) is 9.95. The Morgan fingerprint density at radius 1 is 0.967 bits per heavy atom. The predicted octanol–water partition coefficient (Wildman–Crippen LogP) is 3.28. The highest BCUT2D eigenvalue weighted by Crippen LogP contribution is 2.26. The third-order valence-electron chi connectivity index (χ3n) is 7.02. The van der Waals surface area contributed by atoms with Crippen LogP contribution in [0.4, 0.5) is 4.39 Å². The summed E-state index contributed by atoms with van der Waals surface area (Å²) in [5, 5.41) is 0. The van der Waals surface area contributed by atoms with Crippen LogP contribution in [0.2, 0.25) is 0 Å². The Kier molecular flexibility index (Phi) is 7.06. The van der Waals surface area contributed by atoms with Crippen molar-refractivity contribution < 1.29 is 13.9 Å². The monoisotopic (exact) mass is 417 g/mol. The van der Waals surface area contributed by atoms with Gasteiger partial charge < -0.3 is 14.5 Å². The van der Waals surface area contributed by atoms with Gasteiger partial charge in [-0.1, -0.05) is 12.1 Å². The SMILES string of the molecule is C[C@@H]1CN(C2CCN(C3CCC(=O)N(Cc4cccc(F)c4)CC3)CC2)C[C@H](C)O1. The molecule has 1 unspecified atom stereocenters. The number of ether oxygens (including phenoxy) is 1. The van der Waals surface area contributed by atoms with E-state index in [1.807, 2.05) is 11.0 Å². The van der Waals surface area contributed by atoms with Gasteiger partial charge in [-0.3, -0.25) is 9.69 Å². The predicted molar refractivity (Wildman–Crippen MR) is 116 cm³/mol. The fourth-order valence-corrected chi connectivity index (χ4v) is 5.54. The van der Waals surface area contributed by atoms with E-state index >= 15 is 0 Å². The number of amides is 1. The number of piperidine rings is 1. The summed E-state index contributed by atoms with van der Waals surface area (Å²) in [5.74, 6) is -0.0347. The van der Waals surface area contributed by atoms with Crippen LogP contribution in [0.3, 0.4) is 0 Å². The number of nitrogens with zero attached hydrogens (tertiary/aromatic N) is 3. The summed E-state index contributed by atoms with van der Waals surface area (Å²) in [4.78, 5) is 19.8. The zero-order chi connectivity index (χ0) is 21.1. The van der Waals surface area contributed by atoms with Crippen molar-refractivity contribution in [1.29, 1.82) is 0 Å². The quantitative estimate of drug-likeness (QED) is 0.753.